The Morgan fingerprint density at radius 1 is 1.50 bits per heavy atom. The van der Waals surface area contributed by atoms with Crippen LogP contribution in [0.1, 0.15) is 16.7 Å². The molecule has 78 valence electrons. The molecule has 0 aromatic heterocycles. The normalized spacial score (nSPS) is 10.4. The lowest BCUT2D eigenvalue weighted by Crippen LogP contribution is -2.09. The Morgan fingerprint density at radius 2 is 2.14 bits per heavy atom. The maximum atomic E-state index is 8.66. The Hall–Kier alpha value is -0.770. The van der Waals surface area contributed by atoms with Crippen molar-refractivity contribution in [2.75, 3.05) is 7.11 Å². The summed E-state index contributed by atoms with van der Waals surface area (Å²) in [4.78, 5) is 0. The molecule has 0 bridgehead atoms. The Bertz CT molecular complexity index is 339. The van der Waals surface area contributed by atoms with Crippen LogP contribution in [-0.4, -0.2) is 12.3 Å². The number of halogens is 1. The van der Waals surface area contributed by atoms with Crippen LogP contribution in [-0.2, 0) is 6.54 Å². The number of nitrogens with one attached hydrogen (secondary N) is 1. The van der Waals surface area contributed by atoms with Crippen LogP contribution in [0, 0.1) is 13.8 Å². The highest BCUT2D eigenvalue weighted by Gasteiger charge is 2.11. The quantitative estimate of drug-likeness (QED) is 0.762. The molecule has 2 N–H and O–H groups in total. The maximum Gasteiger partial charge on any atom is 0.138 e. The van der Waals surface area contributed by atoms with E-state index in [2.05, 4.69) is 5.48 Å². The van der Waals surface area contributed by atoms with Gasteiger partial charge in [0.05, 0.1) is 12.1 Å². The molecule has 1 rings (SSSR count). The molecule has 0 fully saturated rings. The van der Waals surface area contributed by atoms with Gasteiger partial charge in [0, 0.05) is 6.54 Å². The average molecular weight is 216 g/mol. The summed E-state index contributed by atoms with van der Waals surface area (Å²) in [6.07, 6.45) is 0. The largest absolute Gasteiger partial charge is 0.495 e. The Morgan fingerprint density at radius 3 is 2.64 bits per heavy atom. The lowest BCUT2D eigenvalue weighted by molar-refractivity contribution is 0.161. The lowest BCUT2D eigenvalue weighted by atomic mass is 10.0. The summed E-state index contributed by atoms with van der Waals surface area (Å²) in [7, 11) is 1.59. The SMILES string of the molecule is COc1cc(C)c(CNO)c(C)c1Cl. The van der Waals surface area contributed by atoms with Crippen LogP contribution < -0.4 is 10.2 Å². The molecule has 0 saturated heterocycles. The summed E-state index contributed by atoms with van der Waals surface area (Å²) < 4.78 is 5.12. The molecule has 0 atom stereocenters. The first-order chi connectivity index (χ1) is 6.61. The molecule has 14 heavy (non-hydrogen) atoms. The average Bonchev–Trinajstić information content (AvgIpc) is 2.18. The monoisotopic (exact) mass is 215 g/mol. The summed E-state index contributed by atoms with van der Waals surface area (Å²) >= 11 is 6.07. The first kappa shape index (κ1) is 11.3. The predicted octanol–water partition coefficient (Wildman–Crippen LogP) is 2.44. The van der Waals surface area contributed by atoms with Gasteiger partial charge in [0.25, 0.3) is 0 Å². The smallest absolute Gasteiger partial charge is 0.138 e. The molecule has 0 amide bonds. The van der Waals surface area contributed by atoms with E-state index < -0.39 is 0 Å². The van der Waals surface area contributed by atoms with Gasteiger partial charge in [0.15, 0.2) is 0 Å². The Balaban J connectivity index is 3.26. The molecule has 1 aromatic rings. The molecular formula is C10H14ClNO2. The topological polar surface area (TPSA) is 41.5 Å². The lowest BCUT2D eigenvalue weighted by Gasteiger charge is -2.13. The number of ether oxygens (including phenoxy) is 1. The predicted molar refractivity (Wildman–Crippen MR) is 56.1 cm³/mol. The molecule has 0 spiro atoms. The number of benzene rings is 1. The van der Waals surface area contributed by atoms with Gasteiger partial charge in [-0.15, -0.1) is 0 Å². The third-order valence-electron chi connectivity index (χ3n) is 2.30. The summed E-state index contributed by atoms with van der Waals surface area (Å²) in [5.41, 5.74) is 5.11. The van der Waals surface area contributed by atoms with Crippen molar-refractivity contribution >= 4 is 11.6 Å². The van der Waals surface area contributed by atoms with Crippen LogP contribution in [0.4, 0.5) is 0 Å². The van der Waals surface area contributed by atoms with Crippen LogP contribution in [0.5, 0.6) is 5.75 Å². The molecule has 1 aromatic carbocycles. The fourth-order valence-corrected chi connectivity index (χ4v) is 1.71. The van der Waals surface area contributed by atoms with E-state index in [1.807, 2.05) is 19.9 Å². The number of hydrogen-bond acceptors (Lipinski definition) is 3. The highest BCUT2D eigenvalue weighted by molar-refractivity contribution is 6.33. The second-order valence-electron chi connectivity index (χ2n) is 3.15. The van der Waals surface area contributed by atoms with Gasteiger partial charge in [-0.1, -0.05) is 11.6 Å². The van der Waals surface area contributed by atoms with Crippen LogP contribution >= 0.6 is 11.6 Å². The van der Waals surface area contributed by atoms with Gasteiger partial charge in [-0.25, -0.2) is 5.48 Å². The first-order valence-corrected chi connectivity index (χ1v) is 4.69. The third kappa shape index (κ3) is 2.00. The molecule has 3 nitrogen and oxygen atoms in total. The number of aryl methyl sites for hydroxylation is 1. The first-order valence-electron chi connectivity index (χ1n) is 4.31. The van der Waals surface area contributed by atoms with Gasteiger partial charge in [-0.05, 0) is 36.6 Å². The molecule has 0 unspecified atom stereocenters. The van der Waals surface area contributed by atoms with Crippen molar-refractivity contribution in [2.45, 2.75) is 20.4 Å². The zero-order valence-electron chi connectivity index (χ0n) is 8.52. The maximum absolute atomic E-state index is 8.66. The molecule has 0 aliphatic rings. The fourth-order valence-electron chi connectivity index (χ4n) is 1.46. The van der Waals surface area contributed by atoms with Crippen LogP contribution in [0.15, 0.2) is 6.07 Å². The summed E-state index contributed by atoms with van der Waals surface area (Å²) in [6, 6.07) is 1.86. The molecule has 4 heteroatoms. The standard InChI is InChI=1S/C10H14ClNO2/c1-6-4-9(14-3)10(11)7(2)8(6)5-12-13/h4,12-13H,5H2,1-3H3. The zero-order valence-corrected chi connectivity index (χ0v) is 9.27. The number of methoxy groups -OCH3 is 1. The van der Waals surface area contributed by atoms with Crippen LogP contribution in [0.25, 0.3) is 0 Å². The van der Waals surface area contributed by atoms with Crippen molar-refractivity contribution in [3.63, 3.8) is 0 Å². The minimum atomic E-state index is 0.390. The van der Waals surface area contributed by atoms with E-state index in [0.29, 0.717) is 17.3 Å². The fraction of sp³-hybridized carbons (Fsp3) is 0.400. The summed E-state index contributed by atoms with van der Waals surface area (Å²) in [5, 5.41) is 9.26. The highest BCUT2D eigenvalue weighted by Crippen LogP contribution is 2.32. The Kier molecular flexibility index (Phi) is 3.75. The second kappa shape index (κ2) is 4.64. The molecular weight excluding hydrogens is 202 g/mol. The molecule has 0 heterocycles. The van der Waals surface area contributed by atoms with Crippen molar-refractivity contribution in [3.8, 4) is 5.75 Å². The van der Waals surface area contributed by atoms with Crippen molar-refractivity contribution in [2.24, 2.45) is 0 Å². The van der Waals surface area contributed by atoms with Crippen molar-refractivity contribution in [3.05, 3.63) is 27.8 Å². The van der Waals surface area contributed by atoms with E-state index in [1.165, 1.54) is 0 Å². The van der Waals surface area contributed by atoms with E-state index in [9.17, 15) is 0 Å². The van der Waals surface area contributed by atoms with E-state index in [1.54, 1.807) is 7.11 Å². The van der Waals surface area contributed by atoms with Crippen LogP contribution in [0.2, 0.25) is 5.02 Å². The van der Waals surface area contributed by atoms with E-state index in [-0.39, 0.29) is 0 Å². The van der Waals surface area contributed by atoms with Gasteiger partial charge >= 0.3 is 0 Å². The molecule has 0 aliphatic carbocycles. The van der Waals surface area contributed by atoms with Gasteiger partial charge in [-0.3, -0.25) is 0 Å². The number of rotatable bonds is 3. The summed E-state index contributed by atoms with van der Waals surface area (Å²) in [6.45, 7) is 4.25. The summed E-state index contributed by atoms with van der Waals surface area (Å²) in [5.74, 6) is 0.670. The molecule has 0 saturated carbocycles. The Labute approximate surface area is 88.6 Å². The van der Waals surface area contributed by atoms with E-state index >= 15 is 0 Å². The van der Waals surface area contributed by atoms with Crippen molar-refractivity contribution in [1.29, 1.82) is 0 Å². The van der Waals surface area contributed by atoms with Gasteiger partial charge < -0.3 is 9.94 Å². The molecule has 0 radical (unpaired) electrons. The van der Waals surface area contributed by atoms with Gasteiger partial charge in [0.1, 0.15) is 5.75 Å². The molecule has 0 aliphatic heterocycles. The van der Waals surface area contributed by atoms with Gasteiger partial charge in [-0.2, -0.15) is 0 Å². The zero-order chi connectivity index (χ0) is 10.7. The van der Waals surface area contributed by atoms with Crippen molar-refractivity contribution in [1.82, 2.24) is 5.48 Å². The van der Waals surface area contributed by atoms with E-state index in [4.69, 9.17) is 21.5 Å². The number of hydroxylamine groups is 1. The van der Waals surface area contributed by atoms with Gasteiger partial charge in [0.2, 0.25) is 0 Å². The highest BCUT2D eigenvalue weighted by atomic mass is 35.5. The second-order valence-corrected chi connectivity index (χ2v) is 3.53. The number of hydrogen-bond donors (Lipinski definition) is 2. The minimum Gasteiger partial charge on any atom is -0.495 e. The minimum absolute atomic E-state index is 0.390. The van der Waals surface area contributed by atoms with Crippen molar-refractivity contribution < 1.29 is 9.94 Å². The van der Waals surface area contributed by atoms with Crippen LogP contribution in [0.3, 0.4) is 0 Å². The van der Waals surface area contributed by atoms with E-state index in [0.717, 1.165) is 16.7 Å². The third-order valence-corrected chi connectivity index (χ3v) is 2.77.